The van der Waals surface area contributed by atoms with Gasteiger partial charge in [-0.25, -0.2) is 18.7 Å². The summed E-state index contributed by atoms with van der Waals surface area (Å²) in [6.45, 7) is 2.28. The van der Waals surface area contributed by atoms with Gasteiger partial charge in [0.25, 0.3) is 5.91 Å². The van der Waals surface area contributed by atoms with Crippen molar-refractivity contribution in [3.8, 4) is 6.07 Å². The molecule has 10 heteroatoms. The summed E-state index contributed by atoms with van der Waals surface area (Å²) < 4.78 is 27.7. The van der Waals surface area contributed by atoms with Crippen molar-refractivity contribution >= 4 is 23.2 Å². The lowest BCUT2D eigenvalue weighted by Gasteiger charge is -2.23. The van der Waals surface area contributed by atoms with Gasteiger partial charge in [0.2, 0.25) is 0 Å². The SMILES string of the molecule is CC(C)(O)C(F)CNC(=O)c1cnc(Nc2ccc(C#N)cn2)cc1NC1CCC(F)C1. The lowest BCUT2D eigenvalue weighted by Crippen LogP contribution is -2.42. The molecule has 1 amide bonds. The number of halogens is 2. The highest BCUT2D eigenvalue weighted by Crippen LogP contribution is 2.28. The van der Waals surface area contributed by atoms with Crippen LogP contribution < -0.4 is 16.0 Å². The van der Waals surface area contributed by atoms with Crippen LogP contribution in [0.4, 0.5) is 26.1 Å². The third-order valence-corrected chi connectivity index (χ3v) is 5.23. The van der Waals surface area contributed by atoms with Gasteiger partial charge in [0.1, 0.15) is 30.0 Å². The summed E-state index contributed by atoms with van der Waals surface area (Å²) in [5.41, 5.74) is -0.578. The molecule has 2 aromatic rings. The van der Waals surface area contributed by atoms with Gasteiger partial charge < -0.3 is 21.1 Å². The number of carbonyl (C=O) groups excluding carboxylic acids is 1. The zero-order chi connectivity index (χ0) is 23.3. The van der Waals surface area contributed by atoms with Crippen molar-refractivity contribution in [2.75, 3.05) is 17.2 Å². The Bertz CT molecular complexity index is 987. The van der Waals surface area contributed by atoms with Crippen LogP contribution >= 0.6 is 0 Å². The molecular formula is C22H26F2N6O2. The van der Waals surface area contributed by atoms with Crippen LogP contribution in [-0.4, -0.2) is 51.5 Å². The lowest BCUT2D eigenvalue weighted by molar-refractivity contribution is -0.00177. The molecule has 0 aliphatic heterocycles. The molecule has 3 unspecified atom stereocenters. The molecule has 0 aromatic carbocycles. The number of aliphatic hydroxyl groups is 1. The van der Waals surface area contributed by atoms with Crippen LogP contribution in [-0.2, 0) is 0 Å². The van der Waals surface area contributed by atoms with Gasteiger partial charge in [-0.15, -0.1) is 0 Å². The molecule has 1 aliphatic rings. The number of pyridine rings is 2. The Morgan fingerprint density at radius 2 is 2.06 bits per heavy atom. The predicted molar refractivity (Wildman–Crippen MR) is 116 cm³/mol. The number of aromatic nitrogens is 2. The molecule has 0 spiro atoms. The van der Waals surface area contributed by atoms with Crippen molar-refractivity contribution in [1.82, 2.24) is 15.3 Å². The number of nitrogens with zero attached hydrogens (tertiary/aromatic N) is 3. The molecule has 0 saturated heterocycles. The molecule has 2 aromatic heterocycles. The first-order chi connectivity index (χ1) is 15.2. The fraction of sp³-hybridized carbons (Fsp3) is 0.455. The third-order valence-electron chi connectivity index (χ3n) is 5.23. The minimum absolute atomic E-state index is 0.148. The van der Waals surface area contributed by atoms with Gasteiger partial charge in [0, 0.05) is 24.5 Å². The molecule has 170 valence electrons. The number of alkyl halides is 2. The number of carbonyl (C=O) groups is 1. The fourth-order valence-electron chi connectivity index (χ4n) is 3.29. The van der Waals surface area contributed by atoms with Gasteiger partial charge in [-0.1, -0.05) is 0 Å². The van der Waals surface area contributed by atoms with Gasteiger partial charge >= 0.3 is 0 Å². The Hall–Kier alpha value is -3.32. The van der Waals surface area contributed by atoms with E-state index in [4.69, 9.17) is 5.26 Å². The molecule has 1 fully saturated rings. The second-order valence-corrected chi connectivity index (χ2v) is 8.37. The second kappa shape index (κ2) is 9.87. The molecule has 3 rings (SSSR count). The molecule has 32 heavy (non-hydrogen) atoms. The maximum atomic E-state index is 14.0. The van der Waals surface area contributed by atoms with Crippen LogP contribution in [0.25, 0.3) is 0 Å². The molecule has 0 radical (unpaired) electrons. The van der Waals surface area contributed by atoms with Crippen LogP contribution in [0.15, 0.2) is 30.6 Å². The van der Waals surface area contributed by atoms with Crippen molar-refractivity contribution in [2.45, 2.75) is 57.1 Å². The Kier molecular flexibility index (Phi) is 7.20. The zero-order valence-electron chi connectivity index (χ0n) is 17.9. The number of hydrogen-bond acceptors (Lipinski definition) is 7. The van der Waals surface area contributed by atoms with Crippen LogP contribution in [0.1, 0.15) is 49.0 Å². The van der Waals surface area contributed by atoms with Crippen LogP contribution in [0.2, 0.25) is 0 Å². The molecule has 3 atom stereocenters. The van der Waals surface area contributed by atoms with Crippen molar-refractivity contribution in [2.24, 2.45) is 0 Å². The van der Waals surface area contributed by atoms with Gasteiger partial charge in [-0.05, 0) is 45.2 Å². The summed E-state index contributed by atoms with van der Waals surface area (Å²) in [5.74, 6) is 0.274. The fourth-order valence-corrected chi connectivity index (χ4v) is 3.29. The molecule has 2 heterocycles. The highest BCUT2D eigenvalue weighted by molar-refractivity contribution is 5.99. The first-order valence-corrected chi connectivity index (χ1v) is 10.3. The molecule has 4 N–H and O–H groups in total. The average molecular weight is 444 g/mol. The summed E-state index contributed by atoms with van der Waals surface area (Å²) in [5, 5.41) is 27.3. The third kappa shape index (κ3) is 6.11. The second-order valence-electron chi connectivity index (χ2n) is 8.37. The topological polar surface area (TPSA) is 123 Å². The first kappa shape index (κ1) is 23.3. The van der Waals surface area contributed by atoms with Crippen LogP contribution in [0.3, 0.4) is 0 Å². The average Bonchev–Trinajstić information content (AvgIpc) is 3.16. The number of rotatable bonds is 8. The quantitative estimate of drug-likeness (QED) is 0.493. The van der Waals surface area contributed by atoms with Crippen molar-refractivity contribution in [3.63, 3.8) is 0 Å². The van der Waals surface area contributed by atoms with Crippen LogP contribution in [0, 0.1) is 11.3 Å². The highest BCUT2D eigenvalue weighted by Gasteiger charge is 2.28. The van der Waals surface area contributed by atoms with E-state index in [-0.39, 0.29) is 18.2 Å². The lowest BCUT2D eigenvalue weighted by atomic mass is 10.0. The van der Waals surface area contributed by atoms with Gasteiger partial charge in [-0.3, -0.25) is 4.79 Å². The Morgan fingerprint density at radius 1 is 1.31 bits per heavy atom. The predicted octanol–water partition coefficient (Wildman–Crippen LogP) is 3.23. The van der Waals surface area contributed by atoms with E-state index in [0.717, 1.165) is 0 Å². The normalized spacial score (nSPS) is 19.1. The number of amides is 1. The minimum atomic E-state index is -1.65. The van der Waals surface area contributed by atoms with E-state index in [0.29, 0.717) is 42.1 Å². The summed E-state index contributed by atoms with van der Waals surface area (Å²) >= 11 is 0. The number of nitrogens with one attached hydrogen (secondary N) is 3. The van der Waals surface area contributed by atoms with Crippen molar-refractivity contribution in [3.05, 3.63) is 41.7 Å². The smallest absolute Gasteiger partial charge is 0.255 e. The Morgan fingerprint density at radius 3 is 2.66 bits per heavy atom. The maximum absolute atomic E-state index is 14.0. The van der Waals surface area contributed by atoms with E-state index in [1.165, 1.54) is 26.2 Å². The van der Waals surface area contributed by atoms with Crippen LogP contribution in [0.5, 0.6) is 0 Å². The van der Waals surface area contributed by atoms with E-state index in [9.17, 15) is 18.7 Å². The standard InChI is InChI=1S/C22H26F2N6O2/c1-22(2,32)18(24)12-28-21(31)16-11-27-20(30-19-6-3-13(9-25)10-26-19)8-17(16)29-15-5-4-14(23)7-15/h3,6,8,10-11,14-15,18,32H,4-5,7,12H2,1-2H3,(H,28,31)(H2,26,27,29,30). The monoisotopic (exact) mass is 444 g/mol. The maximum Gasteiger partial charge on any atom is 0.255 e. The Balaban J connectivity index is 1.79. The van der Waals surface area contributed by atoms with Gasteiger partial charge in [0.05, 0.1) is 29.0 Å². The summed E-state index contributed by atoms with van der Waals surface area (Å²) in [6.07, 6.45) is 1.60. The van der Waals surface area contributed by atoms with Gasteiger partial charge in [-0.2, -0.15) is 5.26 Å². The molecule has 1 aliphatic carbocycles. The minimum Gasteiger partial charge on any atom is -0.387 e. The van der Waals surface area contributed by atoms with E-state index < -0.39 is 23.9 Å². The number of anilines is 3. The molecule has 0 bridgehead atoms. The summed E-state index contributed by atoms with van der Waals surface area (Å²) in [4.78, 5) is 21.1. The summed E-state index contributed by atoms with van der Waals surface area (Å²) in [7, 11) is 0. The number of nitriles is 1. The number of hydrogen-bond donors (Lipinski definition) is 4. The molecule has 1 saturated carbocycles. The zero-order valence-corrected chi connectivity index (χ0v) is 17.9. The molecule has 8 nitrogen and oxygen atoms in total. The largest absolute Gasteiger partial charge is 0.387 e. The van der Waals surface area contributed by atoms with Gasteiger partial charge in [0.15, 0.2) is 0 Å². The van der Waals surface area contributed by atoms with E-state index in [1.54, 1.807) is 18.2 Å². The van der Waals surface area contributed by atoms with Crippen molar-refractivity contribution < 1.29 is 18.7 Å². The summed E-state index contributed by atoms with van der Waals surface area (Å²) in [6, 6.07) is 6.66. The van der Waals surface area contributed by atoms with Crippen molar-refractivity contribution in [1.29, 1.82) is 5.26 Å². The Labute approximate surface area is 185 Å². The van der Waals surface area contributed by atoms with E-state index in [2.05, 4.69) is 25.9 Å². The molecular weight excluding hydrogens is 418 g/mol. The van der Waals surface area contributed by atoms with E-state index >= 15 is 0 Å². The highest BCUT2D eigenvalue weighted by atomic mass is 19.1. The van der Waals surface area contributed by atoms with E-state index in [1.807, 2.05) is 6.07 Å². The first-order valence-electron chi connectivity index (χ1n) is 10.3.